The van der Waals surface area contributed by atoms with Gasteiger partial charge >= 0.3 is 0 Å². The Hall–Kier alpha value is -1.55. The van der Waals surface area contributed by atoms with E-state index in [4.69, 9.17) is 0 Å². The second kappa shape index (κ2) is 21.0. The Kier molecular flexibility index (Phi) is 20.0. The van der Waals surface area contributed by atoms with Gasteiger partial charge < -0.3 is 31.9 Å². The molecule has 0 radical (unpaired) electrons. The van der Waals surface area contributed by atoms with Gasteiger partial charge in [0.15, 0.2) is 0 Å². The molecule has 0 spiro atoms. The van der Waals surface area contributed by atoms with Crippen LogP contribution in [0, 0.1) is 0 Å². The Labute approximate surface area is 201 Å². The predicted molar refractivity (Wildman–Crippen MR) is 135 cm³/mol. The highest BCUT2D eigenvalue weighted by atomic mass is 16.2. The number of nitrogens with one attached hydrogen (secondary N) is 6. The Morgan fingerprint density at radius 3 is 1.61 bits per heavy atom. The molecule has 3 atom stereocenters. The molecular formula is C24H50N6O3. The van der Waals surface area contributed by atoms with E-state index in [0.29, 0.717) is 13.0 Å². The van der Waals surface area contributed by atoms with E-state index in [1.807, 2.05) is 21.1 Å². The van der Waals surface area contributed by atoms with Crippen LogP contribution in [-0.2, 0) is 14.4 Å². The largest absolute Gasteiger partial charge is 0.355 e. The molecule has 0 fully saturated rings. The first kappa shape index (κ1) is 31.4. The maximum Gasteiger partial charge on any atom is 0.237 e. The van der Waals surface area contributed by atoms with Crippen molar-refractivity contribution < 1.29 is 14.4 Å². The topological polar surface area (TPSA) is 123 Å². The Morgan fingerprint density at radius 1 is 0.636 bits per heavy atom. The lowest BCUT2D eigenvalue weighted by molar-refractivity contribution is -0.124. The third-order valence-electron chi connectivity index (χ3n) is 5.83. The van der Waals surface area contributed by atoms with Crippen LogP contribution < -0.4 is 31.9 Å². The van der Waals surface area contributed by atoms with Crippen LogP contribution in [0.25, 0.3) is 0 Å². The maximum atomic E-state index is 12.7. The summed E-state index contributed by atoms with van der Waals surface area (Å²) in [6.07, 6.45) is 8.31. The molecule has 0 aromatic carbocycles. The molecule has 0 saturated carbocycles. The highest BCUT2D eigenvalue weighted by Crippen LogP contribution is 2.08. The van der Waals surface area contributed by atoms with E-state index < -0.39 is 0 Å². The van der Waals surface area contributed by atoms with Gasteiger partial charge in [-0.05, 0) is 93.1 Å². The Bertz CT molecular complexity index is 532. The minimum Gasteiger partial charge on any atom is -0.355 e. The van der Waals surface area contributed by atoms with Crippen molar-refractivity contribution in [3.8, 4) is 0 Å². The molecular weight excluding hydrogens is 420 g/mol. The Morgan fingerprint density at radius 2 is 1.12 bits per heavy atom. The van der Waals surface area contributed by atoms with Crippen LogP contribution in [0.1, 0.15) is 71.1 Å². The average Bonchev–Trinajstić information content (AvgIpc) is 2.78. The molecule has 0 aromatic rings. The first-order chi connectivity index (χ1) is 15.9. The summed E-state index contributed by atoms with van der Waals surface area (Å²) in [5.74, 6) is 0.0566. The van der Waals surface area contributed by atoms with Crippen LogP contribution >= 0.6 is 0 Å². The minimum atomic E-state index is -0.248. The second-order valence-electron chi connectivity index (χ2n) is 8.78. The van der Waals surface area contributed by atoms with E-state index in [2.05, 4.69) is 31.9 Å². The number of carbonyl (C=O) groups excluding carboxylic acids is 3. The molecule has 0 aliphatic rings. The monoisotopic (exact) mass is 470 g/mol. The van der Waals surface area contributed by atoms with Gasteiger partial charge in [-0.3, -0.25) is 14.4 Å². The highest BCUT2D eigenvalue weighted by Gasteiger charge is 2.21. The smallest absolute Gasteiger partial charge is 0.237 e. The van der Waals surface area contributed by atoms with E-state index in [0.717, 1.165) is 70.9 Å². The fourth-order valence-electron chi connectivity index (χ4n) is 3.84. The molecule has 9 nitrogen and oxygen atoms in total. The fraction of sp³-hybridized carbons (Fsp3) is 0.875. The van der Waals surface area contributed by atoms with Crippen molar-refractivity contribution in [1.82, 2.24) is 31.9 Å². The highest BCUT2D eigenvalue weighted by molar-refractivity contribution is 5.83. The zero-order valence-corrected chi connectivity index (χ0v) is 21.6. The average molecular weight is 471 g/mol. The summed E-state index contributed by atoms with van der Waals surface area (Å²) < 4.78 is 0. The molecule has 0 saturated heterocycles. The summed E-state index contributed by atoms with van der Waals surface area (Å²) >= 11 is 0. The standard InChI is InChI=1S/C24H50N6O3/c1-19(31)18-20(30-24(33)22(28-5)14-8-10-16-26-3)12-6-11-17-29-23(32)21(27-4)13-7-9-15-25-2/h20-22,25-28H,6-18H2,1-5H3,(H,29,32)(H,30,33). The van der Waals surface area contributed by atoms with Crippen molar-refractivity contribution in [3.05, 3.63) is 0 Å². The molecule has 0 aliphatic carbocycles. The van der Waals surface area contributed by atoms with Gasteiger partial charge in [-0.2, -0.15) is 0 Å². The lowest BCUT2D eigenvalue weighted by Crippen LogP contribution is -2.47. The minimum absolute atomic E-state index is 0.0330. The number of carbonyl (C=O) groups is 3. The van der Waals surface area contributed by atoms with Gasteiger partial charge in [-0.1, -0.05) is 12.8 Å². The zero-order chi connectivity index (χ0) is 24.9. The van der Waals surface area contributed by atoms with E-state index in [-0.39, 0.29) is 35.7 Å². The van der Waals surface area contributed by atoms with Crippen molar-refractivity contribution in [2.45, 2.75) is 89.3 Å². The van der Waals surface area contributed by atoms with Crippen molar-refractivity contribution in [2.75, 3.05) is 47.8 Å². The molecule has 194 valence electrons. The molecule has 0 rings (SSSR count). The first-order valence-electron chi connectivity index (χ1n) is 12.6. The van der Waals surface area contributed by atoms with Crippen LogP contribution in [0.15, 0.2) is 0 Å². The van der Waals surface area contributed by atoms with E-state index in [1.54, 1.807) is 14.0 Å². The van der Waals surface area contributed by atoms with Gasteiger partial charge in [0.25, 0.3) is 0 Å². The number of hydrogen-bond acceptors (Lipinski definition) is 7. The number of likely N-dealkylation sites (N-methyl/N-ethyl adjacent to an activating group) is 2. The van der Waals surface area contributed by atoms with Gasteiger partial charge in [0.1, 0.15) is 5.78 Å². The number of ketones is 1. The van der Waals surface area contributed by atoms with Crippen LogP contribution in [0.3, 0.4) is 0 Å². The number of Topliss-reactive ketones (excluding diaryl/α,β-unsaturated/α-hetero) is 1. The molecule has 3 unspecified atom stereocenters. The summed E-state index contributed by atoms with van der Waals surface area (Å²) in [4.78, 5) is 36.7. The quantitative estimate of drug-likeness (QED) is 0.129. The van der Waals surface area contributed by atoms with Gasteiger partial charge in [0.2, 0.25) is 11.8 Å². The van der Waals surface area contributed by atoms with E-state index in [9.17, 15) is 14.4 Å². The molecule has 0 aromatic heterocycles. The molecule has 0 aliphatic heterocycles. The third-order valence-corrected chi connectivity index (χ3v) is 5.83. The van der Waals surface area contributed by atoms with Gasteiger partial charge in [0.05, 0.1) is 12.1 Å². The summed E-state index contributed by atoms with van der Waals surface area (Å²) in [5, 5.41) is 18.5. The molecule has 9 heteroatoms. The normalized spacial score (nSPS) is 13.8. The number of unbranched alkanes of at least 4 members (excludes halogenated alkanes) is 3. The van der Waals surface area contributed by atoms with Gasteiger partial charge in [-0.15, -0.1) is 0 Å². The van der Waals surface area contributed by atoms with E-state index in [1.165, 1.54) is 0 Å². The third kappa shape index (κ3) is 16.7. The first-order valence-corrected chi connectivity index (χ1v) is 12.6. The zero-order valence-electron chi connectivity index (χ0n) is 21.6. The fourth-order valence-corrected chi connectivity index (χ4v) is 3.84. The molecule has 33 heavy (non-hydrogen) atoms. The summed E-state index contributed by atoms with van der Waals surface area (Å²) in [6.45, 7) is 4.05. The molecule has 6 N–H and O–H groups in total. The second-order valence-corrected chi connectivity index (χ2v) is 8.78. The lowest BCUT2D eigenvalue weighted by Gasteiger charge is -2.22. The summed E-state index contributed by atoms with van der Waals surface area (Å²) in [7, 11) is 7.46. The molecule has 2 amide bonds. The molecule has 0 bridgehead atoms. The van der Waals surface area contributed by atoms with Crippen molar-refractivity contribution in [2.24, 2.45) is 0 Å². The summed E-state index contributed by atoms with van der Waals surface area (Å²) in [5.41, 5.74) is 0. The maximum absolute atomic E-state index is 12.7. The number of amides is 2. The van der Waals surface area contributed by atoms with Crippen molar-refractivity contribution in [1.29, 1.82) is 0 Å². The summed E-state index contributed by atoms with van der Waals surface area (Å²) in [6, 6.07) is -0.587. The SMILES string of the molecule is CNCCCCC(NC)C(=O)NCCCCC(CC(C)=O)NC(=O)C(CCCCNC)NC. The lowest BCUT2D eigenvalue weighted by atomic mass is 10.0. The van der Waals surface area contributed by atoms with Crippen LogP contribution in [0.4, 0.5) is 0 Å². The van der Waals surface area contributed by atoms with Gasteiger partial charge in [-0.25, -0.2) is 0 Å². The van der Waals surface area contributed by atoms with Crippen molar-refractivity contribution >= 4 is 17.6 Å². The number of rotatable bonds is 22. The van der Waals surface area contributed by atoms with Crippen LogP contribution in [0.2, 0.25) is 0 Å². The Balaban J connectivity index is 4.36. The molecule has 0 heterocycles. The van der Waals surface area contributed by atoms with Crippen LogP contribution in [-0.4, -0.2) is 83.5 Å². The van der Waals surface area contributed by atoms with Crippen LogP contribution in [0.5, 0.6) is 0 Å². The number of hydrogen-bond donors (Lipinski definition) is 6. The van der Waals surface area contributed by atoms with Gasteiger partial charge in [0, 0.05) is 19.0 Å². The predicted octanol–water partition coefficient (Wildman–Crippen LogP) is 0.692. The van der Waals surface area contributed by atoms with E-state index >= 15 is 0 Å². The van der Waals surface area contributed by atoms with Crippen molar-refractivity contribution in [3.63, 3.8) is 0 Å².